The molecule has 1 heterocycles. The van der Waals surface area contributed by atoms with Gasteiger partial charge in [-0.1, -0.05) is 32.6 Å². The van der Waals surface area contributed by atoms with E-state index in [9.17, 15) is 9.90 Å². The van der Waals surface area contributed by atoms with Crippen LogP contribution in [0, 0.1) is 0 Å². The summed E-state index contributed by atoms with van der Waals surface area (Å²) in [6, 6.07) is 0. The number of amides is 1. The number of hydrogen-bond acceptors (Lipinski definition) is 3. The fourth-order valence-corrected chi connectivity index (χ4v) is 2.05. The highest BCUT2D eigenvalue weighted by atomic mass is 16.3. The minimum absolute atomic E-state index is 0.00524. The molecule has 0 unspecified atom stereocenters. The highest BCUT2D eigenvalue weighted by Gasteiger charge is 2.25. The maximum atomic E-state index is 11.7. The Hall–Kier alpha value is -1.36. The Morgan fingerprint density at radius 2 is 2.10 bits per heavy atom. The second-order valence-corrected chi connectivity index (χ2v) is 5.62. The maximum Gasteiger partial charge on any atom is 0.220 e. The van der Waals surface area contributed by atoms with E-state index in [2.05, 4.69) is 17.3 Å². The molecule has 1 aromatic heterocycles. The zero-order chi connectivity index (χ0) is 15.0. The van der Waals surface area contributed by atoms with Crippen LogP contribution in [-0.2, 0) is 17.4 Å². The summed E-state index contributed by atoms with van der Waals surface area (Å²) in [7, 11) is 1.80. The average Bonchev–Trinajstić information content (AvgIpc) is 2.84. The van der Waals surface area contributed by atoms with Crippen molar-refractivity contribution in [2.24, 2.45) is 7.05 Å². The number of rotatable bonds is 9. The van der Waals surface area contributed by atoms with Crippen molar-refractivity contribution < 1.29 is 9.90 Å². The molecule has 0 spiro atoms. The van der Waals surface area contributed by atoms with Gasteiger partial charge in [0, 0.05) is 25.2 Å². The quantitative estimate of drug-likeness (QED) is 0.681. The molecule has 5 heteroatoms. The molecule has 0 aliphatic rings. The minimum Gasteiger partial charge on any atom is -0.383 e. The van der Waals surface area contributed by atoms with Gasteiger partial charge >= 0.3 is 0 Å². The molecule has 0 radical (unpaired) electrons. The Balaban J connectivity index is 2.26. The van der Waals surface area contributed by atoms with Gasteiger partial charge in [-0.15, -0.1) is 0 Å². The number of aliphatic hydroxyl groups is 1. The lowest BCUT2D eigenvalue weighted by Gasteiger charge is -2.22. The summed E-state index contributed by atoms with van der Waals surface area (Å²) in [4.78, 5) is 11.7. The lowest BCUT2D eigenvalue weighted by molar-refractivity contribution is -0.122. The zero-order valence-electron chi connectivity index (χ0n) is 12.9. The summed E-state index contributed by atoms with van der Waals surface area (Å²) in [5.41, 5.74) is -0.366. The predicted molar refractivity (Wildman–Crippen MR) is 79.2 cm³/mol. The smallest absolute Gasteiger partial charge is 0.220 e. The molecule has 114 valence electrons. The molecule has 1 atom stereocenters. The molecule has 0 aliphatic heterocycles. The number of carbonyl (C=O) groups excluding carboxylic acids is 1. The molecule has 20 heavy (non-hydrogen) atoms. The van der Waals surface area contributed by atoms with Crippen molar-refractivity contribution in [2.75, 3.05) is 6.54 Å². The van der Waals surface area contributed by atoms with Crippen molar-refractivity contribution in [3.05, 3.63) is 18.0 Å². The largest absolute Gasteiger partial charge is 0.383 e. The Kier molecular flexibility index (Phi) is 6.71. The molecule has 1 rings (SSSR count). The van der Waals surface area contributed by atoms with Gasteiger partial charge in [0.2, 0.25) is 5.91 Å². The number of nitrogens with zero attached hydrogens (tertiary/aromatic N) is 2. The summed E-state index contributed by atoms with van der Waals surface area (Å²) < 4.78 is 1.64. The fraction of sp³-hybridized carbons (Fsp3) is 0.733. The molecule has 0 aliphatic carbocycles. The van der Waals surface area contributed by atoms with Crippen molar-refractivity contribution in [1.29, 1.82) is 0 Å². The van der Waals surface area contributed by atoms with Gasteiger partial charge in [-0.3, -0.25) is 9.48 Å². The molecular formula is C15H27N3O2. The lowest BCUT2D eigenvalue weighted by atomic mass is 9.99. The predicted octanol–water partition coefficient (Wildman–Crippen LogP) is 2.10. The first kappa shape index (κ1) is 16.7. The van der Waals surface area contributed by atoms with Crippen LogP contribution in [0.4, 0.5) is 0 Å². The number of aromatic nitrogens is 2. The fourth-order valence-electron chi connectivity index (χ4n) is 2.05. The van der Waals surface area contributed by atoms with Crippen LogP contribution < -0.4 is 5.32 Å². The van der Waals surface area contributed by atoms with Gasteiger partial charge in [-0.2, -0.15) is 5.10 Å². The number of nitrogens with one attached hydrogen (secondary N) is 1. The molecule has 0 fully saturated rings. The van der Waals surface area contributed by atoms with E-state index in [0.717, 1.165) is 12.8 Å². The Labute approximate surface area is 121 Å². The molecule has 1 aromatic rings. The van der Waals surface area contributed by atoms with E-state index in [1.165, 1.54) is 19.3 Å². The summed E-state index contributed by atoms with van der Waals surface area (Å²) in [6.07, 6.45) is 9.57. The van der Waals surface area contributed by atoms with E-state index in [4.69, 9.17) is 0 Å². The average molecular weight is 281 g/mol. The molecule has 0 aromatic carbocycles. The zero-order valence-corrected chi connectivity index (χ0v) is 12.9. The molecule has 2 N–H and O–H groups in total. The van der Waals surface area contributed by atoms with Crippen LogP contribution in [0.2, 0.25) is 0 Å². The van der Waals surface area contributed by atoms with Crippen molar-refractivity contribution >= 4 is 5.91 Å². The summed E-state index contributed by atoms with van der Waals surface area (Å²) in [5, 5.41) is 17.1. The van der Waals surface area contributed by atoms with E-state index < -0.39 is 5.60 Å². The van der Waals surface area contributed by atoms with Gasteiger partial charge in [0.25, 0.3) is 0 Å². The monoisotopic (exact) mass is 281 g/mol. The van der Waals surface area contributed by atoms with Gasteiger partial charge < -0.3 is 10.4 Å². The molecule has 0 bridgehead atoms. The first-order valence-corrected chi connectivity index (χ1v) is 7.44. The van der Waals surface area contributed by atoms with Gasteiger partial charge in [0.05, 0.1) is 12.7 Å². The van der Waals surface area contributed by atoms with Crippen LogP contribution in [0.1, 0.15) is 57.9 Å². The molecule has 5 nitrogen and oxygen atoms in total. The minimum atomic E-state index is -1.08. The maximum absolute atomic E-state index is 11.7. The van der Waals surface area contributed by atoms with Crippen molar-refractivity contribution in [2.45, 2.75) is 58.0 Å². The second-order valence-electron chi connectivity index (χ2n) is 5.62. The Morgan fingerprint density at radius 1 is 1.40 bits per heavy atom. The standard InChI is InChI=1S/C15H27N3O2/c1-4-5-6-7-8-9-14(19)16-12-15(2,20)13-10-17-18(3)11-13/h10-11,20H,4-9,12H2,1-3H3,(H,16,19)/t15-/m0/s1. The number of hydrogen-bond donors (Lipinski definition) is 2. The van der Waals surface area contributed by atoms with Gasteiger partial charge in [0.15, 0.2) is 0 Å². The number of carbonyl (C=O) groups is 1. The van der Waals surface area contributed by atoms with Gasteiger partial charge in [-0.25, -0.2) is 0 Å². The van der Waals surface area contributed by atoms with Crippen LogP contribution >= 0.6 is 0 Å². The topological polar surface area (TPSA) is 67.2 Å². The first-order chi connectivity index (χ1) is 9.45. The summed E-state index contributed by atoms with van der Waals surface area (Å²) >= 11 is 0. The van der Waals surface area contributed by atoms with Crippen LogP contribution in [-0.4, -0.2) is 27.3 Å². The van der Waals surface area contributed by atoms with Crippen LogP contribution in [0.3, 0.4) is 0 Å². The highest BCUT2D eigenvalue weighted by molar-refractivity contribution is 5.75. The van der Waals surface area contributed by atoms with Gasteiger partial charge in [0.1, 0.15) is 5.60 Å². The van der Waals surface area contributed by atoms with E-state index >= 15 is 0 Å². The second kappa shape index (κ2) is 8.04. The third kappa shape index (κ3) is 5.74. The Bertz CT molecular complexity index is 413. The summed E-state index contributed by atoms with van der Waals surface area (Å²) in [6.45, 7) is 4.07. The van der Waals surface area contributed by atoms with Crippen molar-refractivity contribution in [3.63, 3.8) is 0 Å². The van der Waals surface area contributed by atoms with Gasteiger partial charge in [-0.05, 0) is 13.3 Å². The SMILES string of the molecule is CCCCCCCC(=O)NC[C@](C)(O)c1cnn(C)c1. The van der Waals surface area contributed by atoms with E-state index in [1.54, 1.807) is 31.0 Å². The third-order valence-corrected chi connectivity index (χ3v) is 3.46. The normalized spacial score (nSPS) is 14.0. The third-order valence-electron chi connectivity index (χ3n) is 3.46. The van der Waals surface area contributed by atoms with Crippen molar-refractivity contribution in [3.8, 4) is 0 Å². The van der Waals surface area contributed by atoms with E-state index in [0.29, 0.717) is 12.0 Å². The Morgan fingerprint density at radius 3 is 2.70 bits per heavy atom. The highest BCUT2D eigenvalue weighted by Crippen LogP contribution is 2.18. The van der Waals surface area contributed by atoms with Crippen LogP contribution in [0.25, 0.3) is 0 Å². The van der Waals surface area contributed by atoms with E-state index in [1.807, 2.05) is 0 Å². The van der Waals surface area contributed by atoms with Crippen molar-refractivity contribution in [1.82, 2.24) is 15.1 Å². The number of aryl methyl sites for hydroxylation is 1. The molecule has 0 saturated carbocycles. The molecule has 1 amide bonds. The van der Waals surface area contributed by atoms with Crippen LogP contribution in [0.15, 0.2) is 12.4 Å². The van der Waals surface area contributed by atoms with E-state index in [-0.39, 0.29) is 12.5 Å². The number of unbranched alkanes of at least 4 members (excludes halogenated alkanes) is 4. The molecule has 0 saturated heterocycles. The van der Waals surface area contributed by atoms with Crippen LogP contribution in [0.5, 0.6) is 0 Å². The lowest BCUT2D eigenvalue weighted by Crippen LogP contribution is -2.38. The summed E-state index contributed by atoms with van der Waals surface area (Å²) in [5.74, 6) is 0.00524. The molecular weight excluding hydrogens is 254 g/mol. The first-order valence-electron chi connectivity index (χ1n) is 7.44.